The van der Waals surface area contributed by atoms with E-state index in [4.69, 9.17) is 0 Å². The fourth-order valence-corrected chi connectivity index (χ4v) is 2.78. The van der Waals surface area contributed by atoms with Crippen LogP contribution in [0.1, 0.15) is 22.8 Å². The number of fused-ring (bicyclic) bond motifs is 1. The van der Waals surface area contributed by atoms with Crippen LogP contribution in [0.4, 0.5) is 11.5 Å². The Kier molecular flexibility index (Phi) is 3.14. The van der Waals surface area contributed by atoms with Gasteiger partial charge in [-0.05, 0) is 36.1 Å². The number of aromatic nitrogens is 1. The van der Waals surface area contributed by atoms with Crippen molar-refractivity contribution in [1.82, 2.24) is 4.98 Å². The minimum absolute atomic E-state index is 0.247. The normalized spacial score (nSPS) is 17.6. The van der Waals surface area contributed by atoms with Crippen LogP contribution in [0.5, 0.6) is 0 Å². The van der Waals surface area contributed by atoms with Crippen LogP contribution in [0.3, 0.4) is 0 Å². The predicted octanol–water partition coefficient (Wildman–Crippen LogP) is 3.11. The highest BCUT2D eigenvalue weighted by atomic mass is 16.4. The Labute approximate surface area is 117 Å². The van der Waals surface area contributed by atoms with Crippen LogP contribution in [0.15, 0.2) is 42.6 Å². The van der Waals surface area contributed by atoms with Crippen molar-refractivity contribution in [1.29, 1.82) is 0 Å². The molecule has 0 saturated carbocycles. The topological polar surface area (TPSA) is 53.4 Å². The van der Waals surface area contributed by atoms with Gasteiger partial charge in [0.15, 0.2) is 0 Å². The first-order chi connectivity index (χ1) is 9.66. The van der Waals surface area contributed by atoms with Crippen LogP contribution in [0, 0.1) is 5.92 Å². The van der Waals surface area contributed by atoms with Crippen LogP contribution >= 0.6 is 0 Å². The molecular weight excluding hydrogens is 252 g/mol. The van der Waals surface area contributed by atoms with E-state index in [0.717, 1.165) is 18.7 Å². The van der Waals surface area contributed by atoms with Gasteiger partial charge in [0, 0.05) is 18.4 Å². The van der Waals surface area contributed by atoms with Crippen molar-refractivity contribution in [3.63, 3.8) is 0 Å². The fraction of sp³-hybridized carbons (Fsp3) is 0.250. The number of para-hydroxylation sites is 1. The monoisotopic (exact) mass is 268 g/mol. The van der Waals surface area contributed by atoms with Gasteiger partial charge in [-0.3, -0.25) is 0 Å². The SMILES string of the molecule is CC1Cc2ccccc2N(c2ncccc2C(=O)O)C1. The lowest BCUT2D eigenvalue weighted by Gasteiger charge is -2.34. The highest BCUT2D eigenvalue weighted by Gasteiger charge is 2.26. The van der Waals surface area contributed by atoms with E-state index >= 15 is 0 Å². The third-order valence-corrected chi connectivity index (χ3v) is 3.62. The molecule has 1 aliphatic heterocycles. The summed E-state index contributed by atoms with van der Waals surface area (Å²) in [7, 11) is 0. The lowest BCUT2D eigenvalue weighted by molar-refractivity contribution is 0.0697. The average Bonchev–Trinajstić information content (AvgIpc) is 2.46. The number of aromatic carboxylic acids is 1. The highest BCUT2D eigenvalue weighted by Crippen LogP contribution is 2.35. The molecule has 3 rings (SSSR count). The summed E-state index contributed by atoms with van der Waals surface area (Å²) < 4.78 is 0. The number of anilines is 2. The maximum Gasteiger partial charge on any atom is 0.339 e. The number of carboxylic acid groups (broad SMARTS) is 1. The lowest BCUT2D eigenvalue weighted by Crippen LogP contribution is -2.32. The van der Waals surface area contributed by atoms with E-state index in [1.807, 2.05) is 23.1 Å². The minimum Gasteiger partial charge on any atom is -0.478 e. The number of pyridine rings is 1. The Morgan fingerprint density at radius 3 is 2.90 bits per heavy atom. The van der Waals surface area contributed by atoms with Gasteiger partial charge in [-0.15, -0.1) is 0 Å². The van der Waals surface area contributed by atoms with E-state index < -0.39 is 5.97 Å². The van der Waals surface area contributed by atoms with Gasteiger partial charge in [0.1, 0.15) is 11.4 Å². The molecule has 1 N–H and O–H groups in total. The van der Waals surface area contributed by atoms with Crippen LogP contribution in [-0.2, 0) is 6.42 Å². The summed E-state index contributed by atoms with van der Waals surface area (Å²) in [6.45, 7) is 2.96. The van der Waals surface area contributed by atoms with E-state index in [2.05, 4.69) is 18.0 Å². The Morgan fingerprint density at radius 2 is 2.10 bits per heavy atom. The quantitative estimate of drug-likeness (QED) is 0.909. The summed E-state index contributed by atoms with van der Waals surface area (Å²) >= 11 is 0. The molecule has 0 spiro atoms. The standard InChI is InChI=1S/C16H16N2O2/c1-11-9-12-5-2-3-7-14(12)18(10-11)15-13(16(19)20)6-4-8-17-15/h2-8,11H,9-10H2,1H3,(H,19,20). The summed E-state index contributed by atoms with van der Waals surface area (Å²) in [6, 6.07) is 11.4. The maximum atomic E-state index is 11.4. The molecule has 0 radical (unpaired) electrons. The zero-order valence-electron chi connectivity index (χ0n) is 11.3. The van der Waals surface area contributed by atoms with Crippen LogP contribution in [0.2, 0.25) is 0 Å². The molecule has 20 heavy (non-hydrogen) atoms. The van der Waals surface area contributed by atoms with Gasteiger partial charge in [0.25, 0.3) is 0 Å². The van der Waals surface area contributed by atoms with Gasteiger partial charge >= 0.3 is 5.97 Å². The predicted molar refractivity (Wildman–Crippen MR) is 77.5 cm³/mol. The zero-order chi connectivity index (χ0) is 14.1. The van der Waals surface area contributed by atoms with E-state index in [0.29, 0.717) is 11.7 Å². The second-order valence-electron chi connectivity index (χ2n) is 5.23. The molecule has 0 aliphatic carbocycles. The third-order valence-electron chi connectivity index (χ3n) is 3.62. The van der Waals surface area contributed by atoms with Crippen molar-refractivity contribution in [2.45, 2.75) is 13.3 Å². The van der Waals surface area contributed by atoms with Gasteiger partial charge in [0.05, 0.1) is 0 Å². The molecule has 1 unspecified atom stereocenters. The molecule has 2 heterocycles. The highest BCUT2D eigenvalue weighted by molar-refractivity contribution is 5.94. The molecule has 0 bridgehead atoms. The van der Waals surface area contributed by atoms with Crippen LogP contribution in [0.25, 0.3) is 0 Å². The molecule has 2 aromatic rings. The second-order valence-corrected chi connectivity index (χ2v) is 5.23. The molecule has 1 aliphatic rings. The molecule has 0 fully saturated rings. The largest absolute Gasteiger partial charge is 0.478 e. The Hall–Kier alpha value is -2.36. The van der Waals surface area contributed by atoms with Crippen molar-refractivity contribution >= 4 is 17.5 Å². The number of nitrogens with zero attached hydrogens (tertiary/aromatic N) is 2. The van der Waals surface area contributed by atoms with Crippen molar-refractivity contribution in [2.75, 3.05) is 11.4 Å². The van der Waals surface area contributed by atoms with Gasteiger partial charge in [-0.25, -0.2) is 9.78 Å². The zero-order valence-corrected chi connectivity index (χ0v) is 11.3. The van der Waals surface area contributed by atoms with E-state index in [1.165, 1.54) is 5.56 Å². The maximum absolute atomic E-state index is 11.4. The molecule has 4 heteroatoms. The van der Waals surface area contributed by atoms with E-state index in [9.17, 15) is 9.90 Å². The van der Waals surface area contributed by atoms with Crippen LogP contribution < -0.4 is 4.90 Å². The Bertz CT molecular complexity index is 654. The van der Waals surface area contributed by atoms with Gasteiger partial charge in [-0.1, -0.05) is 25.1 Å². The number of carbonyl (C=O) groups is 1. The summed E-state index contributed by atoms with van der Waals surface area (Å²) in [5.41, 5.74) is 2.55. The smallest absolute Gasteiger partial charge is 0.339 e. The summed E-state index contributed by atoms with van der Waals surface area (Å²) in [4.78, 5) is 17.7. The van der Waals surface area contributed by atoms with Gasteiger partial charge in [-0.2, -0.15) is 0 Å². The molecule has 0 saturated heterocycles. The van der Waals surface area contributed by atoms with Crippen molar-refractivity contribution in [2.24, 2.45) is 5.92 Å². The first-order valence-corrected chi connectivity index (χ1v) is 6.70. The molecule has 102 valence electrons. The summed E-state index contributed by atoms with van der Waals surface area (Å²) in [6.07, 6.45) is 2.66. The van der Waals surface area contributed by atoms with E-state index in [1.54, 1.807) is 18.3 Å². The molecule has 1 aromatic carbocycles. The molecule has 0 amide bonds. The van der Waals surface area contributed by atoms with Gasteiger partial charge in [0.2, 0.25) is 0 Å². The number of benzene rings is 1. The number of hydrogen-bond donors (Lipinski definition) is 1. The lowest BCUT2D eigenvalue weighted by atomic mass is 9.93. The molecule has 1 aromatic heterocycles. The fourth-order valence-electron chi connectivity index (χ4n) is 2.78. The number of hydrogen-bond acceptors (Lipinski definition) is 3. The second kappa shape index (κ2) is 4.96. The van der Waals surface area contributed by atoms with E-state index in [-0.39, 0.29) is 5.56 Å². The molecule has 1 atom stereocenters. The molecular formula is C16H16N2O2. The Balaban J connectivity index is 2.13. The third kappa shape index (κ3) is 2.13. The number of carboxylic acids is 1. The summed E-state index contributed by atoms with van der Waals surface area (Å²) in [5, 5.41) is 9.34. The Morgan fingerprint density at radius 1 is 1.30 bits per heavy atom. The van der Waals surface area contributed by atoms with Crippen LogP contribution in [-0.4, -0.2) is 22.6 Å². The first kappa shape index (κ1) is 12.7. The van der Waals surface area contributed by atoms with Crippen molar-refractivity contribution in [3.05, 3.63) is 53.7 Å². The summed E-state index contributed by atoms with van der Waals surface area (Å²) in [5.74, 6) is 0.0522. The van der Waals surface area contributed by atoms with Crippen molar-refractivity contribution < 1.29 is 9.90 Å². The van der Waals surface area contributed by atoms with Gasteiger partial charge < -0.3 is 10.0 Å². The first-order valence-electron chi connectivity index (χ1n) is 6.70. The number of rotatable bonds is 2. The van der Waals surface area contributed by atoms with Crippen molar-refractivity contribution in [3.8, 4) is 0 Å². The molecule has 4 nitrogen and oxygen atoms in total. The average molecular weight is 268 g/mol. The minimum atomic E-state index is -0.941.